The largest absolute Gasteiger partial charge is 0.497 e. The zero-order chi connectivity index (χ0) is 22.7. The Morgan fingerprint density at radius 3 is 2.47 bits per heavy atom. The van der Waals surface area contributed by atoms with E-state index < -0.39 is 15.3 Å². The van der Waals surface area contributed by atoms with E-state index in [1.165, 1.54) is 36.0 Å². The molecule has 0 saturated carbocycles. The lowest BCUT2D eigenvalue weighted by molar-refractivity contribution is -0.115. The number of nitrogens with two attached hydrogens (primary N) is 1. The topological polar surface area (TPSA) is 127 Å². The van der Waals surface area contributed by atoms with E-state index in [9.17, 15) is 13.2 Å². The third-order valence-electron chi connectivity index (χ3n) is 4.69. The number of carbonyl (C=O) groups is 1. The Kier molecular flexibility index (Phi) is 6.17. The van der Waals surface area contributed by atoms with Crippen LogP contribution in [0.1, 0.15) is 10.8 Å². The molecular weight excluding hydrogens is 448 g/mol. The smallest absolute Gasteiger partial charge is 0.242 e. The second-order valence-corrected chi connectivity index (χ2v) is 9.55. The molecule has 0 aliphatic heterocycles. The van der Waals surface area contributed by atoms with Gasteiger partial charge in [0.05, 0.1) is 23.0 Å². The number of sulfonamides is 1. The Bertz CT molecular complexity index is 1350. The average molecular weight is 469 g/mol. The summed E-state index contributed by atoms with van der Waals surface area (Å²) >= 11 is 1.28. The number of nitrogens with zero attached hydrogens (tertiary/aromatic N) is 1. The highest BCUT2D eigenvalue weighted by Gasteiger charge is 2.24. The summed E-state index contributed by atoms with van der Waals surface area (Å²) in [5.41, 5.74) is 2.82. The zero-order valence-corrected chi connectivity index (χ0v) is 18.6. The molecular formula is C22H20N4O4S2. The molecule has 1 amide bonds. The highest BCUT2D eigenvalue weighted by atomic mass is 32.2. The van der Waals surface area contributed by atoms with Crippen LogP contribution in [-0.4, -0.2) is 31.4 Å². The summed E-state index contributed by atoms with van der Waals surface area (Å²) in [5.74, 6) is 0.431. The number of amides is 1. The number of anilines is 1. The van der Waals surface area contributed by atoms with Crippen molar-refractivity contribution in [2.24, 2.45) is 5.14 Å². The number of imidazole rings is 1. The second kappa shape index (κ2) is 9.03. The number of ether oxygens (including phenoxy) is 1. The molecule has 0 saturated heterocycles. The van der Waals surface area contributed by atoms with Crippen molar-refractivity contribution >= 4 is 44.4 Å². The quantitative estimate of drug-likeness (QED) is 0.355. The number of H-pyrrole nitrogens is 1. The van der Waals surface area contributed by atoms with Crippen LogP contribution in [0.5, 0.6) is 5.75 Å². The number of hydrogen-bond donors (Lipinski definition) is 3. The summed E-state index contributed by atoms with van der Waals surface area (Å²) < 4.78 is 28.1. The van der Waals surface area contributed by atoms with Crippen LogP contribution < -0.4 is 15.2 Å². The van der Waals surface area contributed by atoms with Gasteiger partial charge in [0, 0.05) is 11.8 Å². The van der Waals surface area contributed by atoms with E-state index in [4.69, 9.17) is 9.88 Å². The number of nitrogens with one attached hydrogen (secondary N) is 2. The van der Waals surface area contributed by atoms with E-state index in [1.807, 2.05) is 48.5 Å². The normalized spacial score (nSPS) is 12.4. The molecule has 4 N–H and O–H groups in total. The van der Waals surface area contributed by atoms with Crippen molar-refractivity contribution < 1.29 is 17.9 Å². The van der Waals surface area contributed by atoms with Crippen LogP contribution in [0, 0.1) is 0 Å². The predicted molar refractivity (Wildman–Crippen MR) is 124 cm³/mol. The van der Waals surface area contributed by atoms with Gasteiger partial charge < -0.3 is 15.0 Å². The highest BCUT2D eigenvalue weighted by Crippen LogP contribution is 2.36. The number of thioether (sulfide) groups is 1. The maximum atomic E-state index is 13.2. The minimum atomic E-state index is -3.80. The first kappa shape index (κ1) is 21.9. The van der Waals surface area contributed by atoms with Gasteiger partial charge in [-0.15, -0.1) is 0 Å². The lowest BCUT2D eigenvalue weighted by Crippen LogP contribution is -2.19. The summed E-state index contributed by atoms with van der Waals surface area (Å²) in [6, 6.07) is 20.5. The van der Waals surface area contributed by atoms with E-state index in [0.29, 0.717) is 16.6 Å². The van der Waals surface area contributed by atoms with Gasteiger partial charge in [0.15, 0.2) is 5.16 Å². The standard InChI is InChI=1S/C22H20N4O4S2/c1-30-16-9-12-18-19(13-16)26-22(25-18)31-20(14-5-3-2-4-6-14)21(27)24-15-7-10-17(11-8-15)32(23,28)29/h2-13,20H,1H3,(H,24,27)(H,25,26)(H2,23,28,29). The zero-order valence-electron chi connectivity index (χ0n) is 17.0. The number of benzene rings is 3. The molecule has 0 spiro atoms. The number of rotatable bonds is 7. The number of carbonyl (C=O) groups excluding carboxylic acids is 1. The van der Waals surface area contributed by atoms with Gasteiger partial charge in [-0.05, 0) is 42.0 Å². The number of primary sulfonamides is 1. The molecule has 0 aliphatic rings. The van der Waals surface area contributed by atoms with Gasteiger partial charge in [0.2, 0.25) is 15.9 Å². The maximum absolute atomic E-state index is 13.2. The Hall–Kier alpha value is -3.34. The first-order valence-corrected chi connectivity index (χ1v) is 12.0. The molecule has 1 heterocycles. The van der Waals surface area contributed by atoms with Gasteiger partial charge in [0.1, 0.15) is 11.0 Å². The Morgan fingerprint density at radius 1 is 1.09 bits per heavy atom. The SMILES string of the molecule is COc1ccc2nc(SC(C(=O)Nc3ccc(S(N)(=O)=O)cc3)c3ccccc3)[nH]c2c1. The van der Waals surface area contributed by atoms with Crippen molar-refractivity contribution in [3.8, 4) is 5.75 Å². The minimum absolute atomic E-state index is 0.0258. The molecule has 4 rings (SSSR count). The number of fused-ring (bicyclic) bond motifs is 1. The predicted octanol–water partition coefficient (Wildman–Crippen LogP) is 3.69. The Morgan fingerprint density at radius 2 is 1.81 bits per heavy atom. The minimum Gasteiger partial charge on any atom is -0.497 e. The molecule has 1 unspecified atom stereocenters. The first-order valence-electron chi connectivity index (χ1n) is 9.52. The second-order valence-electron chi connectivity index (χ2n) is 6.89. The third kappa shape index (κ3) is 4.93. The molecule has 8 nitrogen and oxygen atoms in total. The Labute approximate surface area is 189 Å². The van der Waals surface area contributed by atoms with Gasteiger partial charge in [-0.25, -0.2) is 18.5 Å². The maximum Gasteiger partial charge on any atom is 0.242 e. The van der Waals surface area contributed by atoms with Crippen molar-refractivity contribution in [3.63, 3.8) is 0 Å². The molecule has 10 heteroatoms. The molecule has 0 fully saturated rings. The lowest BCUT2D eigenvalue weighted by atomic mass is 10.1. The number of aromatic amines is 1. The fourth-order valence-electron chi connectivity index (χ4n) is 3.10. The summed E-state index contributed by atoms with van der Waals surface area (Å²) in [7, 11) is -2.21. The molecule has 32 heavy (non-hydrogen) atoms. The van der Waals surface area contributed by atoms with Crippen molar-refractivity contribution in [2.75, 3.05) is 12.4 Å². The summed E-state index contributed by atoms with van der Waals surface area (Å²) in [6.07, 6.45) is 0. The van der Waals surface area contributed by atoms with Crippen LogP contribution in [0.3, 0.4) is 0 Å². The van der Waals surface area contributed by atoms with E-state index in [2.05, 4.69) is 15.3 Å². The van der Waals surface area contributed by atoms with Gasteiger partial charge >= 0.3 is 0 Å². The van der Waals surface area contributed by atoms with Gasteiger partial charge in [-0.3, -0.25) is 4.79 Å². The molecule has 3 aromatic carbocycles. The molecule has 1 aromatic heterocycles. The molecule has 0 bridgehead atoms. The number of aromatic nitrogens is 2. The van der Waals surface area contributed by atoms with Gasteiger partial charge in [-0.2, -0.15) is 0 Å². The lowest BCUT2D eigenvalue weighted by Gasteiger charge is -2.16. The van der Waals surface area contributed by atoms with Crippen LogP contribution in [-0.2, 0) is 14.8 Å². The van der Waals surface area contributed by atoms with Crippen LogP contribution in [0.4, 0.5) is 5.69 Å². The van der Waals surface area contributed by atoms with E-state index in [1.54, 1.807) is 7.11 Å². The van der Waals surface area contributed by atoms with E-state index >= 15 is 0 Å². The van der Waals surface area contributed by atoms with Crippen molar-refractivity contribution in [1.82, 2.24) is 9.97 Å². The summed E-state index contributed by atoms with van der Waals surface area (Å²) in [6.45, 7) is 0. The summed E-state index contributed by atoms with van der Waals surface area (Å²) in [4.78, 5) is 20.9. The van der Waals surface area contributed by atoms with E-state index in [-0.39, 0.29) is 10.8 Å². The fraction of sp³-hybridized carbons (Fsp3) is 0.0909. The molecule has 1 atom stereocenters. The van der Waals surface area contributed by atoms with Crippen molar-refractivity contribution in [2.45, 2.75) is 15.3 Å². The van der Waals surface area contributed by atoms with E-state index in [0.717, 1.165) is 16.6 Å². The molecule has 0 aliphatic carbocycles. The Balaban J connectivity index is 1.60. The third-order valence-corrected chi connectivity index (χ3v) is 6.76. The molecule has 164 valence electrons. The van der Waals surface area contributed by atoms with Crippen LogP contribution in [0.2, 0.25) is 0 Å². The molecule has 4 aromatic rings. The van der Waals surface area contributed by atoms with Gasteiger partial charge in [0.25, 0.3) is 0 Å². The average Bonchev–Trinajstić information content (AvgIpc) is 3.19. The van der Waals surface area contributed by atoms with Crippen molar-refractivity contribution in [1.29, 1.82) is 0 Å². The van der Waals surface area contributed by atoms with Gasteiger partial charge in [-0.1, -0.05) is 42.1 Å². The monoisotopic (exact) mass is 468 g/mol. The number of methoxy groups -OCH3 is 1. The first-order chi connectivity index (χ1) is 15.3. The van der Waals surface area contributed by atoms with Crippen molar-refractivity contribution in [3.05, 3.63) is 78.4 Å². The highest BCUT2D eigenvalue weighted by molar-refractivity contribution is 8.00. The number of hydrogen-bond acceptors (Lipinski definition) is 6. The fourth-order valence-corrected chi connectivity index (χ4v) is 4.61. The molecule has 0 radical (unpaired) electrons. The van der Waals surface area contributed by atoms with Crippen LogP contribution >= 0.6 is 11.8 Å². The van der Waals surface area contributed by atoms with Crippen LogP contribution in [0.15, 0.2) is 82.8 Å². The van der Waals surface area contributed by atoms with Crippen LogP contribution in [0.25, 0.3) is 11.0 Å². The summed E-state index contributed by atoms with van der Waals surface area (Å²) in [5, 5.41) is 7.95.